The van der Waals surface area contributed by atoms with Gasteiger partial charge >= 0.3 is 5.97 Å². The van der Waals surface area contributed by atoms with E-state index in [1.807, 2.05) is 0 Å². The number of nitrogens with one attached hydrogen (secondary N) is 1. The van der Waals surface area contributed by atoms with Crippen molar-refractivity contribution in [3.05, 3.63) is 0 Å². The van der Waals surface area contributed by atoms with Gasteiger partial charge < -0.3 is 15.2 Å². The third-order valence-electron chi connectivity index (χ3n) is 7.51. The fourth-order valence-corrected chi connectivity index (χ4v) is 5.07. The summed E-state index contributed by atoms with van der Waals surface area (Å²) in [5, 5.41) is 11.9. The van der Waals surface area contributed by atoms with Crippen LogP contribution in [-0.4, -0.2) is 36.9 Å². The zero-order valence-corrected chi connectivity index (χ0v) is 25.7. The number of ether oxygens (including phenoxy) is 1. The fourth-order valence-electron chi connectivity index (χ4n) is 5.07. The van der Waals surface area contributed by atoms with Crippen molar-refractivity contribution in [2.45, 2.75) is 175 Å². The van der Waals surface area contributed by atoms with Crippen LogP contribution in [0, 0.1) is 11.8 Å². The maximum absolute atomic E-state index is 10.8. The molecule has 0 aliphatic rings. The van der Waals surface area contributed by atoms with Crippen LogP contribution in [0.1, 0.15) is 169 Å². The smallest absolute Gasteiger partial charge is 0.317 e. The maximum atomic E-state index is 10.8. The zero-order valence-electron chi connectivity index (χ0n) is 25.7. The minimum atomic E-state index is -0.784. The molecule has 0 aliphatic carbocycles. The largest absolute Gasteiger partial charge is 0.480 e. The topological polar surface area (TPSA) is 58.6 Å². The van der Waals surface area contributed by atoms with Crippen molar-refractivity contribution in [3.8, 4) is 0 Å². The van der Waals surface area contributed by atoms with Gasteiger partial charge in [0.2, 0.25) is 0 Å². The lowest BCUT2D eigenvalue weighted by Crippen LogP contribution is -2.27. The van der Waals surface area contributed by atoms with E-state index in [4.69, 9.17) is 9.84 Å². The summed E-state index contributed by atoms with van der Waals surface area (Å²) in [6, 6.07) is 0. The second-order valence-electron chi connectivity index (χ2n) is 12.4. The molecule has 0 rings (SSSR count). The Morgan fingerprint density at radius 3 is 1.35 bits per heavy atom. The number of aliphatic carboxylic acids is 1. The molecule has 0 saturated heterocycles. The van der Waals surface area contributed by atoms with E-state index in [9.17, 15) is 4.79 Å². The normalized spacial score (nSPS) is 12.6. The van der Waals surface area contributed by atoms with Crippen molar-refractivity contribution in [2.24, 2.45) is 11.8 Å². The number of hydrogen-bond donors (Lipinski definition) is 2. The molecule has 4 nitrogen and oxygen atoms in total. The lowest BCUT2D eigenvalue weighted by atomic mass is 10.0. The van der Waals surface area contributed by atoms with Gasteiger partial charge in [-0.25, -0.2) is 0 Å². The number of rotatable bonds is 30. The minimum absolute atomic E-state index is 0.0436. The van der Waals surface area contributed by atoms with Gasteiger partial charge in [-0.15, -0.1) is 0 Å². The lowest BCUT2D eigenvalue weighted by molar-refractivity contribution is -0.136. The van der Waals surface area contributed by atoms with Crippen molar-refractivity contribution >= 4 is 5.97 Å². The molecule has 1 unspecified atom stereocenters. The monoisotopic (exact) mass is 526 g/mol. The molecule has 0 aliphatic heterocycles. The molecular weight excluding hydrogens is 458 g/mol. The van der Waals surface area contributed by atoms with Crippen molar-refractivity contribution in [2.75, 3.05) is 19.7 Å². The van der Waals surface area contributed by atoms with Gasteiger partial charge in [0.1, 0.15) is 0 Å². The van der Waals surface area contributed by atoms with E-state index in [0.29, 0.717) is 0 Å². The van der Waals surface area contributed by atoms with Crippen molar-refractivity contribution in [1.29, 1.82) is 0 Å². The van der Waals surface area contributed by atoms with Crippen LogP contribution in [0.2, 0.25) is 0 Å². The molecule has 2 N–H and O–H groups in total. The molecule has 0 aromatic heterocycles. The summed E-state index contributed by atoms with van der Waals surface area (Å²) in [4.78, 5) is 10.8. The molecule has 222 valence electrons. The Morgan fingerprint density at radius 1 is 0.568 bits per heavy atom. The second-order valence-corrected chi connectivity index (χ2v) is 12.4. The average molecular weight is 526 g/mol. The first kappa shape index (κ1) is 36.4. The van der Waals surface area contributed by atoms with Gasteiger partial charge in [-0.05, 0) is 37.6 Å². The molecule has 0 aromatic rings. The van der Waals surface area contributed by atoms with Gasteiger partial charge in [0.15, 0.2) is 0 Å². The number of carboxylic acids is 1. The van der Waals surface area contributed by atoms with Crippen LogP contribution in [0.4, 0.5) is 0 Å². The molecule has 0 radical (unpaired) electrons. The van der Waals surface area contributed by atoms with Crippen LogP contribution in [0.25, 0.3) is 0 Å². The van der Waals surface area contributed by atoms with Crippen molar-refractivity contribution < 1.29 is 14.6 Å². The standard InChI is InChI=1S/C33H67NO3/c1-30(2)23-19-15-11-7-5-9-13-17-21-25-32(26-27-34-29-33(35)36)37-28-22-18-14-10-6-8-12-16-20-24-31(3)4/h30-32,34H,5-29H2,1-4H3,(H,35,36). The number of hydrogen-bond acceptors (Lipinski definition) is 3. The van der Waals surface area contributed by atoms with Crippen LogP contribution in [0.5, 0.6) is 0 Å². The van der Waals surface area contributed by atoms with E-state index in [2.05, 4.69) is 33.0 Å². The first-order valence-electron chi connectivity index (χ1n) is 16.5. The molecule has 37 heavy (non-hydrogen) atoms. The van der Waals surface area contributed by atoms with Crippen LogP contribution in [0.15, 0.2) is 0 Å². The molecule has 1 atom stereocenters. The maximum Gasteiger partial charge on any atom is 0.317 e. The molecule has 0 bridgehead atoms. The quantitative estimate of drug-likeness (QED) is 0.0916. The van der Waals surface area contributed by atoms with Gasteiger partial charge in [0.25, 0.3) is 0 Å². The SMILES string of the molecule is CC(C)CCCCCCCCCCCOC(CCCCCCCCCCCC(C)C)CCNCC(=O)O. The van der Waals surface area contributed by atoms with E-state index >= 15 is 0 Å². The summed E-state index contributed by atoms with van der Waals surface area (Å²) in [5.41, 5.74) is 0. The minimum Gasteiger partial charge on any atom is -0.480 e. The van der Waals surface area contributed by atoms with Gasteiger partial charge in [0.05, 0.1) is 12.6 Å². The molecule has 4 heteroatoms. The molecule has 0 saturated carbocycles. The Kier molecular flexibility index (Phi) is 27.9. The van der Waals surface area contributed by atoms with Crippen molar-refractivity contribution in [3.63, 3.8) is 0 Å². The summed E-state index contributed by atoms with van der Waals surface area (Å²) in [6.07, 6.45) is 29.5. The Balaban J connectivity index is 3.76. The van der Waals surface area contributed by atoms with E-state index in [-0.39, 0.29) is 12.6 Å². The number of carbonyl (C=O) groups is 1. The second kappa shape index (κ2) is 28.4. The third kappa shape index (κ3) is 31.5. The Labute approximate surface area is 232 Å². The van der Waals surface area contributed by atoms with Gasteiger partial charge in [-0.1, -0.05) is 150 Å². The van der Waals surface area contributed by atoms with Gasteiger partial charge in [0, 0.05) is 6.61 Å². The van der Waals surface area contributed by atoms with E-state index in [0.717, 1.165) is 44.2 Å². The predicted octanol–water partition coefficient (Wildman–Crippen LogP) is 9.94. The molecular formula is C33H67NO3. The van der Waals surface area contributed by atoms with Crippen LogP contribution in [-0.2, 0) is 9.53 Å². The first-order valence-corrected chi connectivity index (χ1v) is 16.5. The fraction of sp³-hybridized carbons (Fsp3) is 0.970. The molecule has 0 fully saturated rings. The Morgan fingerprint density at radius 2 is 0.946 bits per heavy atom. The molecule has 0 heterocycles. The van der Waals surface area contributed by atoms with Crippen LogP contribution < -0.4 is 5.32 Å². The number of unbranched alkanes of at least 4 members (excludes halogenated alkanes) is 16. The summed E-state index contributed by atoms with van der Waals surface area (Å²) in [5.74, 6) is 0.921. The summed E-state index contributed by atoms with van der Waals surface area (Å²) in [7, 11) is 0. The third-order valence-corrected chi connectivity index (χ3v) is 7.51. The van der Waals surface area contributed by atoms with Gasteiger partial charge in [-0.3, -0.25) is 4.79 Å². The summed E-state index contributed by atoms with van der Waals surface area (Å²) in [6.45, 7) is 10.9. The Hall–Kier alpha value is -0.610. The van der Waals surface area contributed by atoms with Crippen molar-refractivity contribution in [1.82, 2.24) is 5.32 Å². The van der Waals surface area contributed by atoms with E-state index in [1.54, 1.807) is 0 Å². The highest BCUT2D eigenvalue weighted by Gasteiger charge is 2.09. The van der Waals surface area contributed by atoms with E-state index < -0.39 is 5.97 Å². The molecule has 0 aromatic carbocycles. The molecule has 0 amide bonds. The highest BCUT2D eigenvalue weighted by atomic mass is 16.5. The summed E-state index contributed by atoms with van der Waals surface area (Å²) >= 11 is 0. The van der Waals surface area contributed by atoms with Crippen LogP contribution >= 0.6 is 0 Å². The lowest BCUT2D eigenvalue weighted by Gasteiger charge is -2.18. The first-order chi connectivity index (χ1) is 17.9. The van der Waals surface area contributed by atoms with E-state index in [1.165, 1.54) is 122 Å². The predicted molar refractivity (Wildman–Crippen MR) is 161 cm³/mol. The van der Waals surface area contributed by atoms with Crippen LogP contribution in [0.3, 0.4) is 0 Å². The molecule has 0 spiro atoms. The average Bonchev–Trinajstić information content (AvgIpc) is 2.84. The number of carboxylic acid groups (broad SMARTS) is 1. The zero-order chi connectivity index (χ0) is 27.4. The highest BCUT2D eigenvalue weighted by Crippen LogP contribution is 2.16. The Bertz CT molecular complexity index is 466. The highest BCUT2D eigenvalue weighted by molar-refractivity contribution is 5.68. The van der Waals surface area contributed by atoms with Gasteiger partial charge in [-0.2, -0.15) is 0 Å². The summed E-state index contributed by atoms with van der Waals surface area (Å²) < 4.78 is 6.25.